The predicted octanol–water partition coefficient (Wildman–Crippen LogP) is 4.50. The van der Waals surface area contributed by atoms with Gasteiger partial charge >= 0.3 is 0 Å². The Balaban J connectivity index is 2.47. The second-order valence-corrected chi connectivity index (χ2v) is 5.59. The lowest BCUT2D eigenvalue weighted by molar-refractivity contribution is 0.465. The number of ether oxygens (including phenoxy) is 1. The highest BCUT2D eigenvalue weighted by molar-refractivity contribution is 9.10. The zero-order chi connectivity index (χ0) is 14.9. The van der Waals surface area contributed by atoms with Gasteiger partial charge in [-0.1, -0.05) is 11.6 Å². The number of halogens is 3. The van der Waals surface area contributed by atoms with Crippen LogP contribution in [-0.4, -0.2) is 4.98 Å². The van der Waals surface area contributed by atoms with Crippen LogP contribution in [0.2, 0.25) is 5.02 Å². The van der Waals surface area contributed by atoms with Crippen molar-refractivity contribution < 1.29 is 9.13 Å². The lowest BCUT2D eigenvalue weighted by Crippen LogP contribution is -2.05. The number of aromatic nitrogens is 1. The Labute approximate surface area is 130 Å². The predicted molar refractivity (Wildman–Crippen MR) is 80.8 cm³/mol. The van der Waals surface area contributed by atoms with Crippen LogP contribution in [0.15, 0.2) is 22.7 Å². The summed E-state index contributed by atoms with van der Waals surface area (Å²) in [5.74, 6) is 0.369. The average Bonchev–Trinajstić information content (AvgIpc) is 2.35. The lowest BCUT2D eigenvalue weighted by Gasteiger charge is -2.14. The first-order chi connectivity index (χ1) is 9.42. The second kappa shape index (κ2) is 6.08. The maximum Gasteiger partial charge on any atom is 0.145 e. The van der Waals surface area contributed by atoms with Crippen molar-refractivity contribution in [3.05, 3.63) is 50.5 Å². The van der Waals surface area contributed by atoms with Gasteiger partial charge in [-0.15, -0.1) is 0 Å². The monoisotopic (exact) mass is 358 g/mol. The van der Waals surface area contributed by atoms with Crippen molar-refractivity contribution in [1.29, 1.82) is 0 Å². The van der Waals surface area contributed by atoms with Gasteiger partial charge in [0.1, 0.15) is 17.3 Å². The molecule has 106 valence electrons. The van der Waals surface area contributed by atoms with Crippen LogP contribution in [0.4, 0.5) is 4.39 Å². The van der Waals surface area contributed by atoms with E-state index in [2.05, 4.69) is 20.9 Å². The van der Waals surface area contributed by atoms with E-state index in [9.17, 15) is 4.39 Å². The molecule has 0 amide bonds. The van der Waals surface area contributed by atoms with Crippen LogP contribution in [0.25, 0.3) is 0 Å². The molecule has 20 heavy (non-hydrogen) atoms. The zero-order valence-corrected chi connectivity index (χ0v) is 13.3. The molecule has 0 atom stereocenters. The van der Waals surface area contributed by atoms with E-state index >= 15 is 0 Å². The number of benzene rings is 1. The highest BCUT2D eigenvalue weighted by atomic mass is 79.9. The molecule has 1 heterocycles. The largest absolute Gasteiger partial charge is 0.456 e. The number of aryl methyl sites for hydroxylation is 2. The summed E-state index contributed by atoms with van der Waals surface area (Å²) >= 11 is 9.01. The van der Waals surface area contributed by atoms with Crippen molar-refractivity contribution in [2.45, 2.75) is 20.4 Å². The van der Waals surface area contributed by atoms with Gasteiger partial charge < -0.3 is 10.5 Å². The van der Waals surface area contributed by atoms with Crippen molar-refractivity contribution >= 4 is 27.5 Å². The number of nitrogens with two attached hydrogens (primary N) is 1. The summed E-state index contributed by atoms with van der Waals surface area (Å²) in [7, 11) is 0. The Hall–Kier alpha value is -1.17. The molecule has 0 spiro atoms. The molecule has 2 aromatic rings. The van der Waals surface area contributed by atoms with Crippen molar-refractivity contribution in [3.8, 4) is 11.5 Å². The van der Waals surface area contributed by atoms with Crippen LogP contribution < -0.4 is 10.5 Å². The third-order valence-electron chi connectivity index (χ3n) is 2.82. The third kappa shape index (κ3) is 3.11. The van der Waals surface area contributed by atoms with Gasteiger partial charge in [-0.25, -0.2) is 4.39 Å². The van der Waals surface area contributed by atoms with Gasteiger partial charge in [0.15, 0.2) is 0 Å². The van der Waals surface area contributed by atoms with E-state index in [1.165, 1.54) is 12.1 Å². The van der Waals surface area contributed by atoms with Gasteiger partial charge in [0.05, 0.1) is 9.50 Å². The first-order valence-electron chi connectivity index (χ1n) is 5.92. The van der Waals surface area contributed by atoms with Gasteiger partial charge in [-0.05, 0) is 35.8 Å². The van der Waals surface area contributed by atoms with E-state index in [1.54, 1.807) is 6.07 Å². The number of nitrogens with zero attached hydrogens (tertiary/aromatic N) is 1. The maximum absolute atomic E-state index is 13.5. The fourth-order valence-electron chi connectivity index (χ4n) is 1.86. The summed E-state index contributed by atoms with van der Waals surface area (Å²) in [5, 5.41) is 0.0327. The molecule has 1 aromatic carbocycles. The van der Waals surface area contributed by atoms with Crippen LogP contribution in [0.1, 0.15) is 17.0 Å². The Kier molecular flexibility index (Phi) is 4.62. The number of hydrogen-bond donors (Lipinski definition) is 1. The van der Waals surface area contributed by atoms with Gasteiger partial charge in [0.2, 0.25) is 0 Å². The summed E-state index contributed by atoms with van der Waals surface area (Å²) in [4.78, 5) is 4.33. The molecule has 0 fully saturated rings. The fraction of sp³-hybridized carbons (Fsp3) is 0.214. The van der Waals surface area contributed by atoms with Crippen LogP contribution in [0.3, 0.4) is 0 Å². The molecule has 6 heteroatoms. The summed E-state index contributed by atoms with van der Waals surface area (Å²) in [6, 6.07) is 4.46. The molecule has 0 saturated heterocycles. The molecule has 2 rings (SSSR count). The molecule has 0 bridgehead atoms. The summed E-state index contributed by atoms with van der Waals surface area (Å²) in [6.07, 6.45) is 0. The summed E-state index contributed by atoms with van der Waals surface area (Å²) < 4.78 is 19.9. The van der Waals surface area contributed by atoms with E-state index in [4.69, 9.17) is 22.1 Å². The number of rotatable bonds is 3. The Morgan fingerprint density at radius 2 is 2.00 bits per heavy atom. The Bertz CT molecular complexity index is 664. The molecule has 0 radical (unpaired) electrons. The van der Waals surface area contributed by atoms with Gasteiger partial charge in [-0.2, -0.15) is 0 Å². The minimum atomic E-state index is -0.540. The summed E-state index contributed by atoms with van der Waals surface area (Å²) in [5.41, 5.74) is 8.11. The molecule has 3 nitrogen and oxygen atoms in total. The van der Waals surface area contributed by atoms with Crippen LogP contribution >= 0.6 is 27.5 Å². The first-order valence-corrected chi connectivity index (χ1v) is 7.09. The van der Waals surface area contributed by atoms with Gasteiger partial charge in [-0.3, -0.25) is 4.98 Å². The standard InChI is InChI=1S/C14H13BrClFN2O/c1-7-3-13(9(6-18)8(2)19-7)20-14-5-12(17)11(16)4-10(14)15/h3-5H,6,18H2,1-2H3. The third-order valence-corrected chi connectivity index (χ3v) is 3.73. The molecular weight excluding hydrogens is 347 g/mol. The van der Waals surface area contributed by atoms with E-state index in [0.717, 1.165) is 17.0 Å². The van der Waals surface area contributed by atoms with E-state index in [1.807, 2.05) is 13.8 Å². The van der Waals surface area contributed by atoms with Crippen LogP contribution in [0.5, 0.6) is 11.5 Å². The topological polar surface area (TPSA) is 48.1 Å². The SMILES string of the molecule is Cc1cc(Oc2cc(F)c(Cl)cc2Br)c(CN)c(C)n1. The van der Waals surface area contributed by atoms with Crippen molar-refractivity contribution in [3.63, 3.8) is 0 Å². The Morgan fingerprint density at radius 1 is 1.30 bits per heavy atom. The van der Waals surface area contributed by atoms with E-state index in [0.29, 0.717) is 22.5 Å². The van der Waals surface area contributed by atoms with Crippen LogP contribution in [-0.2, 0) is 6.54 Å². The van der Waals surface area contributed by atoms with Crippen molar-refractivity contribution in [2.75, 3.05) is 0 Å². The van der Waals surface area contributed by atoms with Crippen molar-refractivity contribution in [1.82, 2.24) is 4.98 Å². The normalized spacial score (nSPS) is 10.7. The molecule has 1 aromatic heterocycles. The smallest absolute Gasteiger partial charge is 0.145 e. The Morgan fingerprint density at radius 3 is 2.65 bits per heavy atom. The molecule has 2 N–H and O–H groups in total. The molecular formula is C14H13BrClFN2O. The average molecular weight is 360 g/mol. The number of hydrogen-bond acceptors (Lipinski definition) is 3. The zero-order valence-electron chi connectivity index (χ0n) is 11.0. The minimum absolute atomic E-state index is 0.0327. The van der Waals surface area contributed by atoms with Crippen molar-refractivity contribution in [2.24, 2.45) is 5.73 Å². The van der Waals surface area contributed by atoms with E-state index in [-0.39, 0.29) is 5.02 Å². The molecule has 0 saturated carbocycles. The quantitative estimate of drug-likeness (QED) is 0.821. The van der Waals surface area contributed by atoms with Gasteiger partial charge in [0, 0.05) is 35.6 Å². The molecule has 0 aliphatic rings. The van der Waals surface area contributed by atoms with E-state index < -0.39 is 5.82 Å². The number of pyridine rings is 1. The second-order valence-electron chi connectivity index (χ2n) is 4.33. The van der Waals surface area contributed by atoms with Crippen LogP contribution in [0, 0.1) is 19.7 Å². The van der Waals surface area contributed by atoms with Gasteiger partial charge in [0.25, 0.3) is 0 Å². The fourth-order valence-corrected chi connectivity index (χ4v) is 2.58. The molecule has 0 aliphatic heterocycles. The lowest BCUT2D eigenvalue weighted by atomic mass is 10.1. The summed E-state index contributed by atoms with van der Waals surface area (Å²) in [6.45, 7) is 4.01. The maximum atomic E-state index is 13.5. The molecule has 0 unspecified atom stereocenters. The first kappa shape index (κ1) is 15.2. The molecule has 0 aliphatic carbocycles. The highest BCUT2D eigenvalue weighted by Gasteiger charge is 2.13. The highest BCUT2D eigenvalue weighted by Crippen LogP contribution is 2.35. The minimum Gasteiger partial charge on any atom is -0.456 e.